The molecule has 0 aromatic carbocycles. The van der Waals surface area contributed by atoms with E-state index in [4.69, 9.17) is 4.74 Å². The van der Waals surface area contributed by atoms with Gasteiger partial charge in [-0.05, 0) is 19.5 Å². The number of aromatic nitrogens is 2. The molecule has 2 unspecified atom stereocenters. The first-order chi connectivity index (χ1) is 8.50. The Bertz CT molecular complexity index is 385. The predicted octanol–water partition coefficient (Wildman–Crippen LogP) is 1.53. The molecule has 18 heavy (non-hydrogen) atoms. The fraction of sp³-hybridized carbons (Fsp3) is 0.727. The Kier molecular flexibility index (Phi) is 3.91. The van der Waals surface area contributed by atoms with E-state index in [0.29, 0.717) is 19.1 Å². The van der Waals surface area contributed by atoms with Gasteiger partial charge in [0.25, 0.3) is 0 Å². The van der Waals surface area contributed by atoms with Gasteiger partial charge < -0.3 is 10.1 Å². The largest absolute Gasteiger partial charge is 0.435 e. The first-order valence-corrected chi connectivity index (χ1v) is 5.86. The van der Waals surface area contributed by atoms with E-state index in [9.17, 15) is 13.2 Å². The summed E-state index contributed by atoms with van der Waals surface area (Å²) in [6, 6.07) is 1.08. The Morgan fingerprint density at radius 3 is 2.89 bits per heavy atom. The number of ether oxygens (including phenoxy) is 1. The van der Waals surface area contributed by atoms with Gasteiger partial charge in [0.2, 0.25) is 0 Å². The molecule has 1 fully saturated rings. The molecule has 1 aromatic rings. The molecule has 2 heterocycles. The van der Waals surface area contributed by atoms with E-state index in [1.807, 2.05) is 0 Å². The highest BCUT2D eigenvalue weighted by Gasteiger charge is 2.34. The van der Waals surface area contributed by atoms with Gasteiger partial charge in [-0.15, -0.1) is 0 Å². The van der Waals surface area contributed by atoms with E-state index in [0.717, 1.165) is 19.1 Å². The quantitative estimate of drug-likeness (QED) is 0.895. The zero-order valence-electron chi connectivity index (χ0n) is 10.1. The second-order valence-corrected chi connectivity index (χ2v) is 4.44. The number of nitrogens with one attached hydrogen (secondary N) is 1. The lowest BCUT2D eigenvalue weighted by atomic mass is 9.99. The van der Waals surface area contributed by atoms with Crippen molar-refractivity contribution < 1.29 is 17.9 Å². The molecule has 0 spiro atoms. The molecule has 102 valence electrons. The van der Waals surface area contributed by atoms with Crippen LogP contribution in [0.2, 0.25) is 0 Å². The lowest BCUT2D eigenvalue weighted by Gasteiger charge is -2.21. The monoisotopic (exact) mass is 263 g/mol. The number of rotatable bonds is 4. The van der Waals surface area contributed by atoms with E-state index < -0.39 is 11.9 Å². The lowest BCUT2D eigenvalue weighted by molar-refractivity contribution is -0.141. The smallest absolute Gasteiger partial charge is 0.381 e. The highest BCUT2D eigenvalue weighted by Crippen LogP contribution is 2.27. The predicted molar refractivity (Wildman–Crippen MR) is 59.0 cm³/mol. The van der Waals surface area contributed by atoms with E-state index >= 15 is 0 Å². The minimum Gasteiger partial charge on any atom is -0.381 e. The molecule has 2 atom stereocenters. The molecule has 0 amide bonds. The third-order valence-electron chi connectivity index (χ3n) is 3.22. The van der Waals surface area contributed by atoms with Crippen molar-refractivity contribution in [3.05, 3.63) is 18.0 Å². The van der Waals surface area contributed by atoms with E-state index in [1.165, 1.54) is 10.9 Å². The second-order valence-electron chi connectivity index (χ2n) is 4.44. The van der Waals surface area contributed by atoms with Gasteiger partial charge in [-0.25, -0.2) is 0 Å². The summed E-state index contributed by atoms with van der Waals surface area (Å²) in [6.07, 6.45) is -2.08. The Balaban J connectivity index is 2.01. The summed E-state index contributed by atoms with van der Waals surface area (Å²) in [5, 5.41) is 6.67. The molecular weight excluding hydrogens is 247 g/mol. The number of likely N-dealkylation sites (N-methyl/N-ethyl adjacent to an activating group) is 1. The minimum absolute atomic E-state index is 0.0773. The Labute approximate surface area is 103 Å². The molecule has 1 aromatic heterocycles. The highest BCUT2D eigenvalue weighted by atomic mass is 19.4. The van der Waals surface area contributed by atoms with Crippen molar-refractivity contribution in [2.75, 3.05) is 20.3 Å². The van der Waals surface area contributed by atoms with Gasteiger partial charge in [0.1, 0.15) is 0 Å². The summed E-state index contributed by atoms with van der Waals surface area (Å²) >= 11 is 0. The summed E-state index contributed by atoms with van der Waals surface area (Å²) in [5.74, 6) is 0.327. The standard InChI is InChI=1S/C11H16F3N3O/c1-15-9(8-3-5-18-7-8)6-17-4-2-10(16-17)11(12,13)14/h2,4,8-9,15H,3,5-7H2,1H3. The van der Waals surface area contributed by atoms with Crippen molar-refractivity contribution >= 4 is 0 Å². The molecular formula is C11H16F3N3O. The summed E-state index contributed by atoms with van der Waals surface area (Å²) in [4.78, 5) is 0. The first kappa shape index (κ1) is 13.4. The van der Waals surface area contributed by atoms with Crippen molar-refractivity contribution in [3.63, 3.8) is 0 Å². The Morgan fingerprint density at radius 2 is 2.39 bits per heavy atom. The molecule has 0 saturated carbocycles. The minimum atomic E-state index is -4.38. The molecule has 0 bridgehead atoms. The van der Waals surface area contributed by atoms with Crippen LogP contribution in [0.5, 0.6) is 0 Å². The molecule has 7 heteroatoms. The highest BCUT2D eigenvalue weighted by molar-refractivity contribution is 5.03. The van der Waals surface area contributed by atoms with Crippen LogP contribution in [0, 0.1) is 5.92 Å². The van der Waals surface area contributed by atoms with Crippen molar-refractivity contribution in [2.45, 2.75) is 25.2 Å². The second kappa shape index (κ2) is 5.27. The number of nitrogens with zero attached hydrogens (tertiary/aromatic N) is 2. The maximum absolute atomic E-state index is 12.4. The molecule has 1 N–H and O–H groups in total. The first-order valence-electron chi connectivity index (χ1n) is 5.86. The zero-order valence-corrected chi connectivity index (χ0v) is 10.1. The van der Waals surface area contributed by atoms with Crippen LogP contribution in [0.3, 0.4) is 0 Å². The van der Waals surface area contributed by atoms with Gasteiger partial charge in [-0.1, -0.05) is 0 Å². The molecule has 2 rings (SSSR count). The van der Waals surface area contributed by atoms with Crippen LogP contribution in [0.1, 0.15) is 12.1 Å². The molecule has 0 radical (unpaired) electrons. The normalized spacial score (nSPS) is 22.3. The summed E-state index contributed by atoms with van der Waals surface area (Å²) in [6.45, 7) is 1.79. The SMILES string of the molecule is CNC(Cn1ccc(C(F)(F)F)n1)C1CCOC1. The van der Waals surface area contributed by atoms with Crippen molar-refractivity contribution in [2.24, 2.45) is 5.92 Å². The van der Waals surface area contributed by atoms with Crippen LogP contribution in [0.4, 0.5) is 13.2 Å². The van der Waals surface area contributed by atoms with Crippen LogP contribution in [0.25, 0.3) is 0 Å². The fourth-order valence-corrected chi connectivity index (χ4v) is 2.16. The zero-order chi connectivity index (χ0) is 13.2. The van der Waals surface area contributed by atoms with Crippen molar-refractivity contribution in [1.82, 2.24) is 15.1 Å². The van der Waals surface area contributed by atoms with Crippen LogP contribution >= 0.6 is 0 Å². The van der Waals surface area contributed by atoms with Gasteiger partial charge in [0, 0.05) is 24.8 Å². The van der Waals surface area contributed by atoms with Gasteiger partial charge in [0.05, 0.1) is 13.2 Å². The third kappa shape index (κ3) is 3.02. The van der Waals surface area contributed by atoms with Crippen LogP contribution < -0.4 is 5.32 Å². The summed E-state index contributed by atoms with van der Waals surface area (Å²) in [5.41, 5.74) is -0.847. The summed E-state index contributed by atoms with van der Waals surface area (Å²) in [7, 11) is 1.80. The third-order valence-corrected chi connectivity index (χ3v) is 3.22. The van der Waals surface area contributed by atoms with Gasteiger partial charge in [-0.2, -0.15) is 18.3 Å². The van der Waals surface area contributed by atoms with E-state index in [1.54, 1.807) is 7.05 Å². The number of halogens is 3. The van der Waals surface area contributed by atoms with Crippen molar-refractivity contribution in [1.29, 1.82) is 0 Å². The maximum Gasteiger partial charge on any atom is 0.435 e. The summed E-state index contributed by atoms with van der Waals surface area (Å²) < 4.78 is 43.9. The average molecular weight is 263 g/mol. The molecule has 1 aliphatic heterocycles. The number of hydrogen-bond acceptors (Lipinski definition) is 3. The van der Waals surface area contributed by atoms with Crippen LogP contribution in [-0.2, 0) is 17.5 Å². The fourth-order valence-electron chi connectivity index (χ4n) is 2.16. The number of hydrogen-bond donors (Lipinski definition) is 1. The maximum atomic E-state index is 12.4. The van der Waals surface area contributed by atoms with E-state index in [2.05, 4.69) is 10.4 Å². The Hall–Kier alpha value is -1.08. The Morgan fingerprint density at radius 1 is 1.61 bits per heavy atom. The molecule has 1 saturated heterocycles. The molecule has 4 nitrogen and oxygen atoms in total. The molecule has 1 aliphatic rings. The number of alkyl halides is 3. The van der Waals surface area contributed by atoms with E-state index in [-0.39, 0.29) is 6.04 Å². The topological polar surface area (TPSA) is 39.1 Å². The average Bonchev–Trinajstić information content (AvgIpc) is 2.95. The molecule has 0 aliphatic carbocycles. The lowest BCUT2D eigenvalue weighted by Crippen LogP contribution is -2.38. The van der Waals surface area contributed by atoms with Gasteiger partial charge >= 0.3 is 6.18 Å². The van der Waals surface area contributed by atoms with Crippen molar-refractivity contribution in [3.8, 4) is 0 Å². The van der Waals surface area contributed by atoms with Gasteiger partial charge in [-0.3, -0.25) is 4.68 Å². The van der Waals surface area contributed by atoms with Crippen LogP contribution in [-0.4, -0.2) is 36.1 Å². The van der Waals surface area contributed by atoms with Gasteiger partial charge in [0.15, 0.2) is 5.69 Å². The van der Waals surface area contributed by atoms with Crippen LogP contribution in [0.15, 0.2) is 12.3 Å².